The fourth-order valence-corrected chi connectivity index (χ4v) is 4.73. The van der Waals surface area contributed by atoms with Crippen molar-refractivity contribution in [2.75, 3.05) is 6.61 Å². The monoisotopic (exact) mass is 360 g/mol. The van der Waals surface area contributed by atoms with Gasteiger partial charge in [-0.15, -0.1) is 6.42 Å². The molecule has 0 atom stereocenters. The van der Waals surface area contributed by atoms with Gasteiger partial charge in [0.2, 0.25) is 0 Å². The Balaban J connectivity index is 1.91. The third-order valence-electron chi connectivity index (χ3n) is 5.92. The molecular weight excluding hydrogens is 340 g/mol. The van der Waals surface area contributed by atoms with E-state index in [9.17, 15) is 0 Å². The number of terminal acetylenes is 1. The average molecular weight is 360 g/mol. The maximum atomic E-state index is 6.07. The summed E-state index contributed by atoms with van der Waals surface area (Å²) in [5.41, 5.74) is 6.04. The Morgan fingerprint density at radius 1 is 0.786 bits per heavy atom. The first-order valence-electron chi connectivity index (χ1n) is 9.53. The van der Waals surface area contributed by atoms with Crippen molar-refractivity contribution < 1.29 is 4.74 Å². The van der Waals surface area contributed by atoms with E-state index in [0.717, 1.165) is 5.75 Å². The lowest BCUT2D eigenvalue weighted by atomic mass is 9.72. The van der Waals surface area contributed by atoms with Crippen LogP contribution < -0.4 is 4.74 Å². The van der Waals surface area contributed by atoms with Gasteiger partial charge in [-0.25, -0.2) is 0 Å². The van der Waals surface area contributed by atoms with Crippen LogP contribution in [0, 0.1) is 12.3 Å². The quantitative estimate of drug-likeness (QED) is 0.396. The fourth-order valence-electron chi connectivity index (χ4n) is 4.73. The van der Waals surface area contributed by atoms with Gasteiger partial charge in [0, 0.05) is 11.0 Å². The number of ether oxygens (including phenoxy) is 1. The highest BCUT2D eigenvalue weighted by Crippen LogP contribution is 2.55. The van der Waals surface area contributed by atoms with Crippen LogP contribution in [0.4, 0.5) is 0 Å². The minimum atomic E-state index is -0.321. The van der Waals surface area contributed by atoms with E-state index in [1.54, 1.807) is 0 Å². The van der Waals surface area contributed by atoms with Crippen molar-refractivity contribution in [2.45, 2.75) is 12.3 Å². The predicted octanol–water partition coefficient (Wildman–Crippen LogP) is 6.19. The number of rotatable bonds is 3. The van der Waals surface area contributed by atoms with E-state index in [1.807, 2.05) is 0 Å². The summed E-state index contributed by atoms with van der Waals surface area (Å²) < 4.78 is 6.07. The number of hydrogen-bond acceptors (Lipinski definition) is 1. The van der Waals surface area contributed by atoms with Crippen LogP contribution >= 0.6 is 0 Å². The second-order valence-electron chi connectivity index (χ2n) is 7.37. The van der Waals surface area contributed by atoms with Crippen molar-refractivity contribution >= 4 is 10.8 Å². The first kappa shape index (κ1) is 16.7. The van der Waals surface area contributed by atoms with Crippen molar-refractivity contribution in [3.05, 3.63) is 102 Å². The van der Waals surface area contributed by atoms with Gasteiger partial charge < -0.3 is 4.74 Å². The van der Waals surface area contributed by atoms with E-state index in [4.69, 9.17) is 11.2 Å². The highest BCUT2D eigenvalue weighted by atomic mass is 16.5. The van der Waals surface area contributed by atoms with Crippen molar-refractivity contribution in [3.63, 3.8) is 0 Å². The van der Waals surface area contributed by atoms with Gasteiger partial charge in [-0.1, -0.05) is 84.8 Å². The Labute approximate surface area is 165 Å². The molecule has 0 N–H and O–H groups in total. The number of benzene rings is 4. The maximum absolute atomic E-state index is 6.07. The van der Waals surface area contributed by atoms with E-state index in [0.29, 0.717) is 0 Å². The van der Waals surface area contributed by atoms with Crippen LogP contribution in [0.5, 0.6) is 5.75 Å². The van der Waals surface area contributed by atoms with Crippen molar-refractivity contribution in [1.29, 1.82) is 0 Å². The normalized spacial score (nSPS) is 13.6. The number of hydrogen-bond donors (Lipinski definition) is 0. The van der Waals surface area contributed by atoms with Gasteiger partial charge in [-0.2, -0.15) is 0 Å². The van der Waals surface area contributed by atoms with E-state index < -0.39 is 0 Å². The maximum Gasteiger partial charge on any atom is 0.148 e. The molecule has 28 heavy (non-hydrogen) atoms. The summed E-state index contributed by atoms with van der Waals surface area (Å²) in [6.45, 7) is 2.56. The van der Waals surface area contributed by atoms with Crippen LogP contribution in [0.1, 0.15) is 23.6 Å². The van der Waals surface area contributed by atoms with Crippen molar-refractivity contribution in [2.24, 2.45) is 0 Å². The van der Waals surface area contributed by atoms with Crippen LogP contribution in [0.3, 0.4) is 0 Å². The zero-order valence-electron chi connectivity index (χ0n) is 15.8. The lowest BCUT2D eigenvalue weighted by Gasteiger charge is -2.31. The van der Waals surface area contributed by atoms with Gasteiger partial charge in [0.1, 0.15) is 12.4 Å². The van der Waals surface area contributed by atoms with Gasteiger partial charge in [0.25, 0.3) is 0 Å². The van der Waals surface area contributed by atoms with Gasteiger partial charge in [-0.05, 0) is 46.0 Å². The topological polar surface area (TPSA) is 9.23 Å². The van der Waals surface area contributed by atoms with Crippen LogP contribution in [0.25, 0.3) is 21.9 Å². The van der Waals surface area contributed by atoms with Crippen LogP contribution in [-0.4, -0.2) is 6.61 Å². The van der Waals surface area contributed by atoms with Crippen LogP contribution in [0.15, 0.2) is 84.9 Å². The Bertz CT molecular complexity index is 1200. The predicted molar refractivity (Wildman–Crippen MR) is 116 cm³/mol. The largest absolute Gasteiger partial charge is 0.481 e. The molecule has 0 saturated carbocycles. The standard InChI is InChI=1S/C27H20O/c1-3-18-28-25-17-16-19-10-4-5-11-20(19)26(25)27(2)23-14-8-6-12-21(23)22-13-7-9-15-24(22)27/h1,4-17H,18H2,2H3. The van der Waals surface area contributed by atoms with Crippen LogP contribution in [0.2, 0.25) is 0 Å². The molecule has 1 nitrogen and oxygen atoms in total. The fraction of sp³-hybridized carbons (Fsp3) is 0.111. The number of fused-ring (bicyclic) bond motifs is 4. The van der Waals surface area contributed by atoms with Gasteiger partial charge in [-0.3, -0.25) is 0 Å². The first-order valence-corrected chi connectivity index (χ1v) is 9.53. The summed E-state index contributed by atoms with van der Waals surface area (Å²) in [4.78, 5) is 0. The summed E-state index contributed by atoms with van der Waals surface area (Å²) in [6.07, 6.45) is 5.50. The molecule has 1 aliphatic rings. The summed E-state index contributed by atoms with van der Waals surface area (Å²) in [6, 6.07) is 30.0. The van der Waals surface area contributed by atoms with E-state index >= 15 is 0 Å². The molecule has 0 aromatic heterocycles. The zero-order valence-corrected chi connectivity index (χ0v) is 15.8. The SMILES string of the molecule is C#CCOc1ccc2ccccc2c1C1(C)c2ccccc2-c2ccccc21. The molecule has 0 heterocycles. The highest BCUT2D eigenvalue weighted by Gasteiger charge is 2.43. The second kappa shape index (κ2) is 6.29. The third kappa shape index (κ3) is 2.22. The summed E-state index contributed by atoms with van der Waals surface area (Å²) >= 11 is 0. The van der Waals surface area contributed by atoms with Crippen molar-refractivity contribution in [1.82, 2.24) is 0 Å². The molecule has 1 heteroatoms. The Morgan fingerprint density at radius 3 is 2.07 bits per heavy atom. The first-order chi connectivity index (χ1) is 13.7. The zero-order chi connectivity index (χ0) is 19.1. The molecule has 0 radical (unpaired) electrons. The summed E-state index contributed by atoms with van der Waals surface area (Å²) in [5, 5.41) is 2.40. The van der Waals surface area contributed by atoms with E-state index in [-0.39, 0.29) is 12.0 Å². The lowest BCUT2D eigenvalue weighted by molar-refractivity contribution is 0.363. The third-order valence-corrected chi connectivity index (χ3v) is 5.92. The molecular formula is C27H20O. The smallest absolute Gasteiger partial charge is 0.148 e. The molecule has 4 aromatic rings. The Morgan fingerprint density at radius 2 is 1.39 bits per heavy atom. The van der Waals surface area contributed by atoms with E-state index in [2.05, 4.69) is 97.8 Å². The molecule has 0 bridgehead atoms. The molecule has 0 aliphatic heterocycles. The lowest BCUT2D eigenvalue weighted by Crippen LogP contribution is -2.24. The molecule has 5 rings (SSSR count). The minimum absolute atomic E-state index is 0.255. The molecule has 0 saturated heterocycles. The average Bonchev–Trinajstić information content (AvgIpc) is 3.02. The summed E-state index contributed by atoms with van der Waals surface area (Å²) in [5.74, 6) is 3.46. The molecule has 4 aromatic carbocycles. The van der Waals surface area contributed by atoms with Crippen molar-refractivity contribution in [3.8, 4) is 29.2 Å². The molecule has 0 amide bonds. The molecule has 0 spiro atoms. The van der Waals surface area contributed by atoms with Gasteiger partial charge >= 0.3 is 0 Å². The second-order valence-corrected chi connectivity index (χ2v) is 7.37. The Kier molecular flexibility index (Phi) is 3.74. The molecule has 134 valence electrons. The van der Waals surface area contributed by atoms with E-state index in [1.165, 1.54) is 38.6 Å². The molecule has 0 unspecified atom stereocenters. The van der Waals surface area contributed by atoms with Gasteiger partial charge in [0.05, 0.1) is 0 Å². The molecule has 0 fully saturated rings. The van der Waals surface area contributed by atoms with Crippen LogP contribution in [-0.2, 0) is 5.41 Å². The van der Waals surface area contributed by atoms with Gasteiger partial charge in [0.15, 0.2) is 0 Å². The molecule has 1 aliphatic carbocycles. The minimum Gasteiger partial charge on any atom is -0.481 e. The Hall–Kier alpha value is -3.50. The summed E-state index contributed by atoms with van der Waals surface area (Å²) in [7, 11) is 0. The highest BCUT2D eigenvalue weighted by molar-refractivity contribution is 5.94.